The van der Waals surface area contributed by atoms with E-state index in [0.717, 1.165) is 18.4 Å². The third-order valence-electron chi connectivity index (χ3n) is 3.33. The zero-order chi connectivity index (χ0) is 13.7. The lowest BCUT2D eigenvalue weighted by Crippen LogP contribution is -2.30. The maximum absolute atomic E-state index is 12.1. The summed E-state index contributed by atoms with van der Waals surface area (Å²) in [6, 6.07) is 6.62. The van der Waals surface area contributed by atoms with Crippen molar-refractivity contribution in [1.29, 1.82) is 0 Å². The molecule has 0 bridgehead atoms. The molecule has 0 radical (unpaired) electrons. The van der Waals surface area contributed by atoms with Gasteiger partial charge in [-0.3, -0.25) is 0 Å². The maximum Gasteiger partial charge on any atom is 0.573 e. The van der Waals surface area contributed by atoms with Crippen LogP contribution in [-0.4, -0.2) is 12.4 Å². The molecule has 0 unspecified atom stereocenters. The Morgan fingerprint density at radius 2 is 1.89 bits per heavy atom. The highest BCUT2D eigenvalue weighted by Gasteiger charge is 2.31. The van der Waals surface area contributed by atoms with Crippen LogP contribution in [0.2, 0.25) is 0 Å². The molecule has 0 heterocycles. The Balaban J connectivity index is 1.87. The highest BCUT2D eigenvalue weighted by atomic mass is 19.4. The van der Waals surface area contributed by atoms with Gasteiger partial charge in [0, 0.05) is 12.6 Å². The Bertz CT molecular complexity index is 400. The van der Waals surface area contributed by atoms with Gasteiger partial charge in [0.05, 0.1) is 0 Å². The van der Waals surface area contributed by atoms with Crippen LogP contribution < -0.4 is 10.1 Å². The maximum atomic E-state index is 12.1. The van der Waals surface area contributed by atoms with Crippen LogP contribution in [0.3, 0.4) is 0 Å². The standard InChI is InChI=1S/C14H18F3NO/c15-14(16,17)19-13-8-4-5-11(9-13)10-18-12-6-2-1-3-7-12/h4-5,8-9,12,18H,1-3,6-7,10H2. The summed E-state index contributed by atoms with van der Waals surface area (Å²) in [6.45, 7) is 0.583. The second-order valence-electron chi connectivity index (χ2n) is 4.91. The molecular weight excluding hydrogens is 255 g/mol. The number of halogens is 3. The molecule has 1 aliphatic carbocycles. The van der Waals surface area contributed by atoms with Crippen LogP contribution in [0.25, 0.3) is 0 Å². The molecule has 19 heavy (non-hydrogen) atoms. The van der Waals surface area contributed by atoms with E-state index in [9.17, 15) is 13.2 Å². The molecule has 0 aromatic heterocycles. The van der Waals surface area contributed by atoms with Crippen molar-refractivity contribution in [2.45, 2.75) is 51.1 Å². The molecule has 0 aliphatic heterocycles. The van der Waals surface area contributed by atoms with Crippen LogP contribution in [0.4, 0.5) is 13.2 Å². The van der Waals surface area contributed by atoms with E-state index < -0.39 is 6.36 Å². The van der Waals surface area contributed by atoms with E-state index in [1.54, 1.807) is 12.1 Å². The highest BCUT2D eigenvalue weighted by Crippen LogP contribution is 2.23. The number of benzene rings is 1. The van der Waals surface area contributed by atoms with Gasteiger partial charge in [-0.25, -0.2) is 0 Å². The summed E-state index contributed by atoms with van der Waals surface area (Å²) in [5.41, 5.74) is 0.812. The third-order valence-corrected chi connectivity index (χ3v) is 3.33. The topological polar surface area (TPSA) is 21.3 Å². The summed E-state index contributed by atoms with van der Waals surface area (Å²) in [6.07, 6.45) is 1.42. The summed E-state index contributed by atoms with van der Waals surface area (Å²) in [7, 11) is 0. The molecule has 1 aromatic carbocycles. The van der Waals surface area contributed by atoms with E-state index >= 15 is 0 Å². The minimum atomic E-state index is -4.63. The van der Waals surface area contributed by atoms with Gasteiger partial charge in [0.15, 0.2) is 0 Å². The first-order chi connectivity index (χ1) is 9.03. The van der Waals surface area contributed by atoms with Crippen molar-refractivity contribution in [3.8, 4) is 5.75 Å². The first kappa shape index (κ1) is 14.2. The van der Waals surface area contributed by atoms with Crippen molar-refractivity contribution in [2.75, 3.05) is 0 Å². The first-order valence-electron chi connectivity index (χ1n) is 6.61. The molecule has 0 amide bonds. The predicted molar refractivity (Wildman–Crippen MR) is 66.8 cm³/mol. The number of rotatable bonds is 4. The number of hydrogen-bond donors (Lipinski definition) is 1. The minimum absolute atomic E-state index is 0.157. The molecule has 1 aromatic rings. The van der Waals surface area contributed by atoms with Crippen molar-refractivity contribution >= 4 is 0 Å². The zero-order valence-corrected chi connectivity index (χ0v) is 10.7. The monoisotopic (exact) mass is 273 g/mol. The lowest BCUT2D eigenvalue weighted by atomic mass is 9.95. The molecule has 2 nitrogen and oxygen atoms in total. The van der Waals surface area contributed by atoms with Crippen LogP contribution >= 0.6 is 0 Å². The Morgan fingerprint density at radius 3 is 2.58 bits per heavy atom. The summed E-state index contributed by atoms with van der Waals surface area (Å²) < 4.78 is 40.2. The van der Waals surface area contributed by atoms with Crippen molar-refractivity contribution in [3.05, 3.63) is 29.8 Å². The Kier molecular flexibility index (Phi) is 4.69. The molecule has 1 fully saturated rings. The van der Waals surface area contributed by atoms with Crippen molar-refractivity contribution in [3.63, 3.8) is 0 Å². The zero-order valence-electron chi connectivity index (χ0n) is 10.7. The number of hydrogen-bond acceptors (Lipinski definition) is 2. The van der Waals surface area contributed by atoms with Gasteiger partial charge in [0.25, 0.3) is 0 Å². The average Bonchev–Trinajstić information content (AvgIpc) is 2.36. The number of ether oxygens (including phenoxy) is 1. The van der Waals surface area contributed by atoms with Crippen LogP contribution in [0, 0.1) is 0 Å². The average molecular weight is 273 g/mol. The van der Waals surface area contributed by atoms with E-state index in [1.807, 2.05) is 0 Å². The quantitative estimate of drug-likeness (QED) is 0.895. The predicted octanol–water partition coefficient (Wildman–Crippen LogP) is 4.01. The minimum Gasteiger partial charge on any atom is -0.406 e. The molecule has 1 N–H and O–H groups in total. The van der Waals surface area contributed by atoms with E-state index in [2.05, 4.69) is 10.1 Å². The molecule has 0 saturated heterocycles. The Labute approximate surface area is 111 Å². The van der Waals surface area contributed by atoms with Crippen molar-refractivity contribution in [1.82, 2.24) is 5.32 Å². The summed E-state index contributed by atoms with van der Waals surface area (Å²) in [5.74, 6) is -0.157. The molecular formula is C14H18F3NO. The molecule has 1 aliphatic rings. The second-order valence-corrected chi connectivity index (χ2v) is 4.91. The Morgan fingerprint density at radius 1 is 1.16 bits per heavy atom. The third kappa shape index (κ3) is 5.11. The van der Waals surface area contributed by atoms with Gasteiger partial charge in [-0.15, -0.1) is 13.2 Å². The fourth-order valence-electron chi connectivity index (χ4n) is 2.42. The molecule has 5 heteroatoms. The van der Waals surface area contributed by atoms with Gasteiger partial charge in [0.1, 0.15) is 5.75 Å². The van der Waals surface area contributed by atoms with Gasteiger partial charge in [0.2, 0.25) is 0 Å². The van der Waals surface area contributed by atoms with Crippen LogP contribution in [0.5, 0.6) is 5.75 Å². The first-order valence-corrected chi connectivity index (χ1v) is 6.61. The van der Waals surface area contributed by atoms with E-state index in [1.165, 1.54) is 31.4 Å². The van der Waals surface area contributed by atoms with Gasteiger partial charge < -0.3 is 10.1 Å². The molecule has 1 saturated carbocycles. The Hall–Kier alpha value is -1.23. The largest absolute Gasteiger partial charge is 0.573 e. The molecule has 0 spiro atoms. The molecule has 106 valence electrons. The fraction of sp³-hybridized carbons (Fsp3) is 0.571. The fourth-order valence-corrected chi connectivity index (χ4v) is 2.42. The second kappa shape index (κ2) is 6.28. The number of nitrogens with one attached hydrogen (secondary N) is 1. The highest BCUT2D eigenvalue weighted by molar-refractivity contribution is 5.28. The summed E-state index contributed by atoms with van der Waals surface area (Å²) in [4.78, 5) is 0. The molecule has 0 atom stereocenters. The van der Waals surface area contributed by atoms with Gasteiger partial charge >= 0.3 is 6.36 Å². The van der Waals surface area contributed by atoms with Gasteiger partial charge in [-0.2, -0.15) is 0 Å². The van der Waals surface area contributed by atoms with Crippen LogP contribution in [0.15, 0.2) is 24.3 Å². The summed E-state index contributed by atoms with van der Waals surface area (Å²) >= 11 is 0. The van der Waals surface area contributed by atoms with E-state index in [4.69, 9.17) is 0 Å². The van der Waals surface area contributed by atoms with E-state index in [0.29, 0.717) is 12.6 Å². The lowest BCUT2D eigenvalue weighted by Gasteiger charge is -2.23. The lowest BCUT2D eigenvalue weighted by molar-refractivity contribution is -0.274. The van der Waals surface area contributed by atoms with E-state index in [-0.39, 0.29) is 5.75 Å². The summed E-state index contributed by atoms with van der Waals surface area (Å²) in [5, 5.41) is 3.39. The van der Waals surface area contributed by atoms with Crippen molar-refractivity contribution < 1.29 is 17.9 Å². The van der Waals surface area contributed by atoms with Gasteiger partial charge in [-0.1, -0.05) is 31.4 Å². The number of alkyl halides is 3. The van der Waals surface area contributed by atoms with Crippen molar-refractivity contribution in [2.24, 2.45) is 0 Å². The SMILES string of the molecule is FC(F)(F)Oc1cccc(CNC2CCCCC2)c1. The van der Waals surface area contributed by atoms with Gasteiger partial charge in [-0.05, 0) is 30.5 Å². The van der Waals surface area contributed by atoms with Crippen LogP contribution in [-0.2, 0) is 6.54 Å². The molecule has 2 rings (SSSR count). The smallest absolute Gasteiger partial charge is 0.406 e. The van der Waals surface area contributed by atoms with Crippen LogP contribution in [0.1, 0.15) is 37.7 Å². The normalized spacial score (nSPS) is 17.4.